The number of nitrogens with two attached hydrogens (primary N) is 1. The normalized spacial score (nSPS) is 11.2. The molecule has 0 aliphatic rings. The van der Waals surface area contributed by atoms with Crippen LogP contribution in [0.1, 0.15) is 11.1 Å². The van der Waals surface area contributed by atoms with Crippen LogP contribution in [0.3, 0.4) is 0 Å². The minimum absolute atomic E-state index is 0.400. The lowest BCUT2D eigenvalue weighted by atomic mass is 10.1. The number of halogens is 1. The lowest BCUT2D eigenvalue weighted by molar-refractivity contribution is 0.354. The van der Waals surface area contributed by atoms with Crippen molar-refractivity contribution in [2.45, 2.75) is 13.0 Å². The third kappa shape index (κ3) is 5.06. The molecule has 6 heteroatoms. The first kappa shape index (κ1) is 17.9. The van der Waals surface area contributed by atoms with Crippen LogP contribution in [0.2, 0.25) is 5.02 Å². The molecule has 0 fully saturated rings. The van der Waals surface area contributed by atoms with Crippen molar-refractivity contribution in [2.75, 3.05) is 20.8 Å². The second-order valence-electron chi connectivity index (χ2n) is 5.16. The van der Waals surface area contributed by atoms with Gasteiger partial charge in [-0.3, -0.25) is 0 Å². The molecule has 0 aliphatic heterocycles. The Balaban J connectivity index is 1.86. The summed E-state index contributed by atoms with van der Waals surface area (Å²) in [6.07, 6.45) is 0.784. The number of aliphatic imine (C=N–C) groups is 1. The Bertz CT molecular complexity index is 704. The number of hydrogen-bond acceptors (Lipinski definition) is 3. The van der Waals surface area contributed by atoms with Gasteiger partial charge in [0.05, 0.1) is 20.8 Å². The summed E-state index contributed by atoms with van der Waals surface area (Å²) < 4.78 is 10.5. The fraction of sp³-hybridized carbons (Fsp3) is 0.278. The summed E-state index contributed by atoms with van der Waals surface area (Å²) in [6.45, 7) is 1.14. The molecule has 0 saturated heterocycles. The van der Waals surface area contributed by atoms with E-state index in [1.54, 1.807) is 14.2 Å². The summed E-state index contributed by atoms with van der Waals surface area (Å²) in [4.78, 5) is 4.33. The summed E-state index contributed by atoms with van der Waals surface area (Å²) in [6, 6.07) is 13.4. The fourth-order valence-electron chi connectivity index (χ4n) is 2.24. The highest BCUT2D eigenvalue weighted by Crippen LogP contribution is 2.27. The molecule has 0 aliphatic carbocycles. The molecule has 0 spiro atoms. The molecule has 128 valence electrons. The van der Waals surface area contributed by atoms with Crippen LogP contribution in [0, 0.1) is 0 Å². The van der Waals surface area contributed by atoms with Crippen molar-refractivity contribution in [1.82, 2.24) is 5.32 Å². The summed E-state index contributed by atoms with van der Waals surface area (Å²) in [5, 5.41) is 3.86. The SMILES string of the molecule is COc1ccc(CN=C(N)NCCc2ccccc2Cl)cc1OC. The van der Waals surface area contributed by atoms with E-state index in [9.17, 15) is 0 Å². The van der Waals surface area contributed by atoms with E-state index in [0.717, 1.165) is 22.6 Å². The van der Waals surface area contributed by atoms with E-state index in [1.807, 2.05) is 42.5 Å². The average molecular weight is 348 g/mol. The maximum Gasteiger partial charge on any atom is 0.188 e. The van der Waals surface area contributed by atoms with Crippen LogP contribution in [-0.4, -0.2) is 26.7 Å². The van der Waals surface area contributed by atoms with Gasteiger partial charge < -0.3 is 20.5 Å². The molecule has 2 aromatic rings. The van der Waals surface area contributed by atoms with Gasteiger partial charge in [0.15, 0.2) is 17.5 Å². The van der Waals surface area contributed by atoms with Crippen LogP contribution in [0.5, 0.6) is 11.5 Å². The minimum atomic E-state index is 0.400. The van der Waals surface area contributed by atoms with Crippen LogP contribution < -0.4 is 20.5 Å². The first-order valence-corrected chi connectivity index (χ1v) is 8.00. The Morgan fingerprint density at radius 3 is 2.58 bits per heavy atom. The highest BCUT2D eigenvalue weighted by molar-refractivity contribution is 6.31. The quantitative estimate of drug-likeness (QED) is 0.596. The molecule has 5 nitrogen and oxygen atoms in total. The number of guanidine groups is 1. The van der Waals surface area contributed by atoms with Crippen LogP contribution in [0.4, 0.5) is 0 Å². The lowest BCUT2D eigenvalue weighted by Gasteiger charge is -2.09. The van der Waals surface area contributed by atoms with Crippen molar-refractivity contribution in [2.24, 2.45) is 10.7 Å². The van der Waals surface area contributed by atoms with Gasteiger partial charge in [-0.25, -0.2) is 4.99 Å². The maximum atomic E-state index is 6.12. The Morgan fingerprint density at radius 2 is 1.88 bits per heavy atom. The summed E-state index contributed by atoms with van der Waals surface area (Å²) in [5.74, 6) is 1.77. The molecular formula is C18H22ClN3O2. The standard InChI is InChI=1S/C18H22ClN3O2/c1-23-16-8-7-13(11-17(16)24-2)12-22-18(20)21-10-9-14-5-3-4-6-15(14)19/h3-8,11H,9-10,12H2,1-2H3,(H3,20,21,22). The van der Waals surface area contributed by atoms with Crippen molar-refractivity contribution in [3.8, 4) is 11.5 Å². The number of nitrogens with zero attached hydrogens (tertiary/aromatic N) is 1. The highest BCUT2D eigenvalue weighted by atomic mass is 35.5. The van der Waals surface area contributed by atoms with E-state index in [2.05, 4.69) is 10.3 Å². The van der Waals surface area contributed by atoms with Gasteiger partial charge in [-0.15, -0.1) is 0 Å². The summed E-state index contributed by atoms with van der Waals surface area (Å²) in [5.41, 5.74) is 7.97. The summed E-state index contributed by atoms with van der Waals surface area (Å²) >= 11 is 6.12. The Kier molecular flexibility index (Phi) is 6.75. The third-order valence-electron chi connectivity index (χ3n) is 3.54. The number of nitrogens with one attached hydrogen (secondary N) is 1. The molecule has 0 radical (unpaired) electrons. The van der Waals surface area contributed by atoms with Crippen molar-refractivity contribution < 1.29 is 9.47 Å². The van der Waals surface area contributed by atoms with Crippen molar-refractivity contribution in [1.29, 1.82) is 0 Å². The first-order chi connectivity index (χ1) is 11.6. The van der Waals surface area contributed by atoms with Gasteiger partial charge in [0.25, 0.3) is 0 Å². The third-order valence-corrected chi connectivity index (χ3v) is 3.91. The number of benzene rings is 2. The number of methoxy groups -OCH3 is 2. The lowest BCUT2D eigenvalue weighted by Crippen LogP contribution is -2.33. The molecule has 0 aromatic heterocycles. The van der Waals surface area contributed by atoms with Crippen LogP contribution in [0.25, 0.3) is 0 Å². The Hall–Kier alpha value is -2.40. The molecule has 0 saturated carbocycles. The van der Waals surface area contributed by atoms with Gasteiger partial charge in [-0.2, -0.15) is 0 Å². The van der Waals surface area contributed by atoms with Gasteiger partial charge in [0, 0.05) is 11.6 Å². The molecule has 0 atom stereocenters. The van der Waals surface area contributed by atoms with Crippen molar-refractivity contribution >= 4 is 17.6 Å². The van der Waals surface area contributed by atoms with Gasteiger partial charge in [-0.05, 0) is 35.7 Å². The minimum Gasteiger partial charge on any atom is -0.493 e. The monoisotopic (exact) mass is 347 g/mol. The second-order valence-corrected chi connectivity index (χ2v) is 5.57. The number of rotatable bonds is 7. The molecule has 24 heavy (non-hydrogen) atoms. The van der Waals surface area contributed by atoms with Crippen molar-refractivity contribution in [3.05, 3.63) is 58.6 Å². The molecule has 0 amide bonds. The molecule has 0 heterocycles. The largest absolute Gasteiger partial charge is 0.493 e. The molecule has 2 aromatic carbocycles. The topological polar surface area (TPSA) is 68.9 Å². The zero-order valence-electron chi connectivity index (χ0n) is 13.9. The van der Waals surface area contributed by atoms with E-state index in [4.69, 9.17) is 26.8 Å². The highest BCUT2D eigenvalue weighted by Gasteiger charge is 2.04. The van der Waals surface area contributed by atoms with Gasteiger partial charge in [0.2, 0.25) is 0 Å². The molecule has 0 unspecified atom stereocenters. The van der Waals surface area contributed by atoms with E-state index >= 15 is 0 Å². The zero-order chi connectivity index (χ0) is 17.4. The van der Waals surface area contributed by atoms with Crippen LogP contribution in [0.15, 0.2) is 47.5 Å². The predicted molar refractivity (Wildman–Crippen MR) is 98.0 cm³/mol. The second kappa shape index (κ2) is 9.03. The van der Waals surface area contributed by atoms with Crippen LogP contribution >= 0.6 is 11.6 Å². The fourth-order valence-corrected chi connectivity index (χ4v) is 2.47. The first-order valence-electron chi connectivity index (χ1n) is 7.62. The molecule has 2 rings (SSSR count). The Labute approximate surface area is 147 Å². The van der Waals surface area contributed by atoms with E-state index in [1.165, 1.54) is 0 Å². The zero-order valence-corrected chi connectivity index (χ0v) is 14.6. The van der Waals surface area contributed by atoms with E-state index in [0.29, 0.717) is 30.5 Å². The van der Waals surface area contributed by atoms with E-state index in [-0.39, 0.29) is 0 Å². The van der Waals surface area contributed by atoms with Gasteiger partial charge >= 0.3 is 0 Å². The van der Waals surface area contributed by atoms with Gasteiger partial charge in [0.1, 0.15) is 0 Å². The number of hydrogen-bond donors (Lipinski definition) is 2. The van der Waals surface area contributed by atoms with Crippen molar-refractivity contribution in [3.63, 3.8) is 0 Å². The Morgan fingerprint density at radius 1 is 1.12 bits per heavy atom. The van der Waals surface area contributed by atoms with Gasteiger partial charge in [-0.1, -0.05) is 35.9 Å². The molecule has 0 bridgehead atoms. The van der Waals surface area contributed by atoms with E-state index < -0.39 is 0 Å². The summed E-state index contributed by atoms with van der Waals surface area (Å²) in [7, 11) is 3.21. The smallest absolute Gasteiger partial charge is 0.188 e. The molecular weight excluding hydrogens is 326 g/mol. The average Bonchev–Trinajstić information content (AvgIpc) is 2.61. The predicted octanol–water partition coefficient (Wildman–Crippen LogP) is 3.00. The molecule has 3 N–H and O–H groups in total. The van der Waals surface area contributed by atoms with Crippen LogP contribution in [-0.2, 0) is 13.0 Å². The number of ether oxygens (including phenoxy) is 2. The maximum absolute atomic E-state index is 6.12.